The zero-order valence-electron chi connectivity index (χ0n) is 18.6. The molecule has 2 atom stereocenters. The van der Waals surface area contributed by atoms with Crippen LogP contribution in [0.2, 0.25) is 0 Å². The van der Waals surface area contributed by atoms with Crippen molar-refractivity contribution in [2.45, 2.75) is 92.4 Å². The highest BCUT2D eigenvalue weighted by Gasteiger charge is 2.33. The molecule has 0 saturated heterocycles. The van der Waals surface area contributed by atoms with E-state index in [1.165, 1.54) is 33.5 Å². The number of ether oxygens (including phenoxy) is 1. The highest BCUT2D eigenvalue weighted by atomic mass is 16.5. The number of H-pyrrole nitrogens is 1. The summed E-state index contributed by atoms with van der Waals surface area (Å²) in [6.45, 7) is 15.3. The highest BCUT2D eigenvalue weighted by molar-refractivity contribution is 6.15. The summed E-state index contributed by atoms with van der Waals surface area (Å²) in [7, 11) is 0. The molecule has 3 nitrogen and oxygen atoms in total. The van der Waals surface area contributed by atoms with Crippen LogP contribution in [-0.4, -0.2) is 22.8 Å². The summed E-state index contributed by atoms with van der Waals surface area (Å²) in [6.07, 6.45) is 4.87. The summed E-state index contributed by atoms with van der Waals surface area (Å²) in [5, 5.41) is 0. The molecular weight excluding hydrogens is 344 g/mol. The molecular formula is C25H36N2O. The van der Waals surface area contributed by atoms with Gasteiger partial charge in [-0.25, -0.2) is 0 Å². The van der Waals surface area contributed by atoms with E-state index in [0.717, 1.165) is 37.1 Å². The van der Waals surface area contributed by atoms with Gasteiger partial charge in [-0.1, -0.05) is 44.4 Å². The lowest BCUT2D eigenvalue weighted by molar-refractivity contribution is -0.0330. The second-order valence-corrected chi connectivity index (χ2v) is 8.53. The lowest BCUT2D eigenvalue weighted by atomic mass is 9.89. The Kier molecular flexibility index (Phi) is 6.44. The largest absolute Gasteiger partial charge is 0.368 e. The maximum absolute atomic E-state index is 6.66. The first kappa shape index (κ1) is 20.9. The van der Waals surface area contributed by atoms with Crippen molar-refractivity contribution in [3.05, 3.63) is 57.4 Å². The summed E-state index contributed by atoms with van der Waals surface area (Å²) < 4.78 is 6.66. The maximum Gasteiger partial charge on any atom is 0.107 e. The Balaban J connectivity index is 2.04. The molecule has 0 amide bonds. The Morgan fingerprint density at radius 3 is 2.18 bits per heavy atom. The fraction of sp³-hybridized carbons (Fsp3) is 0.560. The standard InChI is InChI=1S/C25H36N2O/c1-8-10-20(11-9-2)28-25-19(7)27-24(23-21(25)14-18(6)26-23)22-16(4)12-15(3)13-17(22)5/h12-14,19-20,25-26H,8-11H2,1-7H3. The third-order valence-electron chi connectivity index (χ3n) is 5.77. The number of nitrogens with one attached hydrogen (secondary N) is 1. The predicted octanol–water partition coefficient (Wildman–Crippen LogP) is 6.51. The smallest absolute Gasteiger partial charge is 0.107 e. The average molecular weight is 381 g/mol. The van der Waals surface area contributed by atoms with Gasteiger partial charge in [-0.05, 0) is 64.7 Å². The number of hydrogen-bond acceptors (Lipinski definition) is 2. The fourth-order valence-electron chi connectivity index (χ4n) is 4.69. The van der Waals surface area contributed by atoms with Crippen molar-refractivity contribution in [3.63, 3.8) is 0 Å². The molecule has 1 aliphatic rings. The van der Waals surface area contributed by atoms with Gasteiger partial charge in [0, 0.05) is 16.8 Å². The molecule has 0 fully saturated rings. The van der Waals surface area contributed by atoms with Crippen LogP contribution in [0.3, 0.4) is 0 Å². The molecule has 3 heteroatoms. The molecule has 1 aliphatic heterocycles. The third-order valence-corrected chi connectivity index (χ3v) is 5.77. The van der Waals surface area contributed by atoms with Crippen LogP contribution in [0.25, 0.3) is 0 Å². The monoisotopic (exact) mass is 380 g/mol. The number of hydrogen-bond donors (Lipinski definition) is 1. The van der Waals surface area contributed by atoms with Gasteiger partial charge in [0.1, 0.15) is 6.10 Å². The van der Waals surface area contributed by atoms with E-state index >= 15 is 0 Å². The van der Waals surface area contributed by atoms with Gasteiger partial charge in [-0.3, -0.25) is 4.99 Å². The Morgan fingerprint density at radius 1 is 1.00 bits per heavy atom. The third kappa shape index (κ3) is 4.10. The zero-order chi connectivity index (χ0) is 20.4. The topological polar surface area (TPSA) is 37.4 Å². The van der Waals surface area contributed by atoms with Gasteiger partial charge < -0.3 is 9.72 Å². The normalized spacial score (nSPS) is 19.1. The number of benzene rings is 1. The molecule has 3 rings (SSSR count). The van der Waals surface area contributed by atoms with Gasteiger partial charge in [0.15, 0.2) is 0 Å². The second-order valence-electron chi connectivity index (χ2n) is 8.53. The van der Waals surface area contributed by atoms with Crippen LogP contribution in [0, 0.1) is 27.7 Å². The van der Waals surface area contributed by atoms with E-state index in [0.29, 0.717) is 6.10 Å². The molecule has 0 aliphatic carbocycles. The van der Waals surface area contributed by atoms with Gasteiger partial charge in [0.25, 0.3) is 0 Å². The number of nitrogens with zero attached hydrogens (tertiary/aromatic N) is 1. The molecule has 28 heavy (non-hydrogen) atoms. The minimum absolute atomic E-state index is 0.0258. The van der Waals surface area contributed by atoms with Gasteiger partial charge in [-0.15, -0.1) is 0 Å². The average Bonchev–Trinajstić information content (AvgIpc) is 2.99. The minimum Gasteiger partial charge on any atom is -0.368 e. The number of aryl methyl sites for hydroxylation is 4. The van der Waals surface area contributed by atoms with E-state index in [2.05, 4.69) is 71.6 Å². The maximum atomic E-state index is 6.66. The molecule has 0 spiro atoms. The van der Waals surface area contributed by atoms with Crippen molar-refractivity contribution in [1.29, 1.82) is 0 Å². The zero-order valence-corrected chi connectivity index (χ0v) is 18.6. The lowest BCUT2D eigenvalue weighted by Crippen LogP contribution is -2.30. The van der Waals surface area contributed by atoms with Crippen LogP contribution in [0.15, 0.2) is 23.2 Å². The van der Waals surface area contributed by atoms with Gasteiger partial charge >= 0.3 is 0 Å². The molecule has 1 aromatic heterocycles. The quantitative estimate of drug-likeness (QED) is 0.584. The van der Waals surface area contributed by atoms with Gasteiger partial charge in [-0.2, -0.15) is 0 Å². The van der Waals surface area contributed by atoms with Crippen molar-refractivity contribution in [2.75, 3.05) is 0 Å². The van der Waals surface area contributed by atoms with E-state index in [1.807, 2.05) is 0 Å². The second kappa shape index (κ2) is 8.65. The van der Waals surface area contributed by atoms with E-state index in [-0.39, 0.29) is 12.1 Å². The van der Waals surface area contributed by atoms with Crippen LogP contribution in [0.1, 0.15) is 91.8 Å². The number of aromatic nitrogens is 1. The van der Waals surface area contributed by atoms with Crippen molar-refractivity contribution in [3.8, 4) is 0 Å². The molecule has 0 saturated carbocycles. The van der Waals surface area contributed by atoms with Crippen LogP contribution in [0.5, 0.6) is 0 Å². The molecule has 1 aromatic carbocycles. The summed E-state index contributed by atoms with van der Waals surface area (Å²) in [4.78, 5) is 8.76. The van der Waals surface area contributed by atoms with E-state index in [1.54, 1.807) is 0 Å². The first-order valence-electron chi connectivity index (χ1n) is 10.9. The number of fused-ring (bicyclic) bond motifs is 1. The molecule has 1 N–H and O–H groups in total. The SMILES string of the molecule is CCCC(CCC)OC1c2cc(C)[nH]c2C(c2c(C)cc(C)cc2C)=NC1C. The first-order chi connectivity index (χ1) is 13.3. The van der Waals surface area contributed by atoms with Crippen LogP contribution < -0.4 is 0 Å². The van der Waals surface area contributed by atoms with Crippen molar-refractivity contribution in [1.82, 2.24) is 4.98 Å². The number of rotatable bonds is 7. The summed E-state index contributed by atoms with van der Waals surface area (Å²) in [6, 6.07) is 6.88. The van der Waals surface area contributed by atoms with Crippen LogP contribution in [-0.2, 0) is 4.74 Å². The molecule has 2 heterocycles. The summed E-state index contributed by atoms with van der Waals surface area (Å²) in [5.74, 6) is 0. The van der Waals surface area contributed by atoms with Gasteiger partial charge in [0.2, 0.25) is 0 Å². The van der Waals surface area contributed by atoms with Crippen LogP contribution >= 0.6 is 0 Å². The van der Waals surface area contributed by atoms with Crippen LogP contribution in [0.4, 0.5) is 0 Å². The number of aliphatic imine (C=N–C) groups is 1. The predicted molar refractivity (Wildman–Crippen MR) is 119 cm³/mol. The molecule has 152 valence electrons. The summed E-state index contributed by atoms with van der Waals surface area (Å²) >= 11 is 0. The van der Waals surface area contributed by atoms with E-state index < -0.39 is 0 Å². The minimum atomic E-state index is 0.0258. The Morgan fingerprint density at radius 2 is 1.61 bits per heavy atom. The number of aromatic amines is 1. The molecule has 2 aromatic rings. The van der Waals surface area contributed by atoms with Crippen molar-refractivity contribution < 1.29 is 4.74 Å². The van der Waals surface area contributed by atoms with Crippen molar-refractivity contribution >= 4 is 5.71 Å². The Labute approximate surface area is 170 Å². The van der Waals surface area contributed by atoms with E-state index in [9.17, 15) is 0 Å². The molecule has 0 bridgehead atoms. The fourth-order valence-corrected chi connectivity index (χ4v) is 4.69. The molecule has 0 radical (unpaired) electrons. The Hall–Kier alpha value is -1.87. The highest BCUT2D eigenvalue weighted by Crippen LogP contribution is 2.37. The van der Waals surface area contributed by atoms with Gasteiger partial charge in [0.05, 0.1) is 23.6 Å². The first-order valence-corrected chi connectivity index (χ1v) is 10.9. The molecule has 2 unspecified atom stereocenters. The lowest BCUT2D eigenvalue weighted by Gasteiger charge is -2.32. The Bertz CT molecular complexity index is 832. The van der Waals surface area contributed by atoms with E-state index in [4.69, 9.17) is 9.73 Å². The summed E-state index contributed by atoms with van der Waals surface area (Å²) in [5.41, 5.74) is 9.81. The van der Waals surface area contributed by atoms with Crippen molar-refractivity contribution in [2.24, 2.45) is 4.99 Å².